The number of hydrogen-bond acceptors (Lipinski definition) is 3. The van der Waals surface area contributed by atoms with Crippen LogP contribution in [0, 0.1) is 37.5 Å². The number of rotatable bonds is 9. The summed E-state index contributed by atoms with van der Waals surface area (Å²) in [7, 11) is 3.36. The van der Waals surface area contributed by atoms with E-state index in [4.69, 9.17) is 14.2 Å². The van der Waals surface area contributed by atoms with E-state index in [2.05, 4.69) is 61.9 Å². The molecule has 0 aliphatic carbocycles. The molecule has 3 rings (SSSR count). The third kappa shape index (κ3) is 5.12. The second-order valence-electron chi connectivity index (χ2n) is 6.90. The fraction of sp³-hybridized carbons (Fsp3) is 0.269. The molecule has 0 saturated heterocycles. The third-order valence-corrected chi connectivity index (χ3v) is 5.28. The number of benzene rings is 3. The van der Waals surface area contributed by atoms with Crippen molar-refractivity contribution in [1.29, 1.82) is 0 Å². The van der Waals surface area contributed by atoms with Gasteiger partial charge in [-0.25, -0.2) is 0 Å². The first-order valence-electron chi connectivity index (χ1n) is 9.99. The molecule has 0 heterocycles. The van der Waals surface area contributed by atoms with Gasteiger partial charge in [-0.15, -0.1) is 0 Å². The molecule has 0 N–H and O–H groups in total. The van der Waals surface area contributed by atoms with Crippen molar-refractivity contribution in [3.8, 4) is 11.5 Å². The van der Waals surface area contributed by atoms with E-state index in [1.807, 2.05) is 37.3 Å². The van der Waals surface area contributed by atoms with Gasteiger partial charge in [-0.2, -0.15) is 6.92 Å². The number of methoxy groups -OCH3 is 2. The first kappa shape index (κ1) is 24.5. The van der Waals surface area contributed by atoms with Crippen LogP contribution in [0.25, 0.3) is 0 Å². The van der Waals surface area contributed by atoms with E-state index >= 15 is 0 Å². The van der Waals surface area contributed by atoms with Crippen molar-refractivity contribution in [1.82, 2.24) is 0 Å². The summed E-state index contributed by atoms with van der Waals surface area (Å²) in [5.74, 6) is 1.64. The second-order valence-corrected chi connectivity index (χ2v) is 6.90. The third-order valence-electron chi connectivity index (χ3n) is 5.28. The Labute approximate surface area is 204 Å². The number of ether oxygens (including phenoxy) is 3. The Bertz CT molecular complexity index is 825. The summed E-state index contributed by atoms with van der Waals surface area (Å²) in [6, 6.07) is 26.6. The smallest absolute Gasteiger partial charge is 0.140 e. The van der Waals surface area contributed by atoms with E-state index in [1.54, 1.807) is 14.2 Å². The van der Waals surface area contributed by atoms with Crippen LogP contribution in [0.5, 0.6) is 11.5 Å². The van der Waals surface area contributed by atoms with Crippen molar-refractivity contribution in [3.63, 3.8) is 0 Å². The van der Waals surface area contributed by atoms with Crippen molar-refractivity contribution >= 4 is 0 Å². The van der Waals surface area contributed by atoms with E-state index in [9.17, 15) is 0 Å². The largest absolute Gasteiger partial charge is 0.497 e. The van der Waals surface area contributed by atoms with Crippen LogP contribution >= 0.6 is 0 Å². The predicted octanol–water partition coefficient (Wildman–Crippen LogP) is 6.02. The monoisotopic (exact) mass is 627 g/mol. The fourth-order valence-corrected chi connectivity index (χ4v) is 3.64. The van der Waals surface area contributed by atoms with Crippen molar-refractivity contribution < 1.29 is 45.3 Å². The fourth-order valence-electron chi connectivity index (χ4n) is 3.64. The zero-order valence-corrected chi connectivity index (χ0v) is 22.3. The van der Waals surface area contributed by atoms with Gasteiger partial charge in [0, 0.05) is 31.1 Å². The Morgan fingerprint density at radius 1 is 0.733 bits per heavy atom. The van der Waals surface area contributed by atoms with Gasteiger partial charge >= 0.3 is 0 Å². The Morgan fingerprint density at radius 2 is 1.17 bits per heavy atom. The predicted molar refractivity (Wildman–Crippen MR) is 117 cm³/mol. The minimum absolute atomic E-state index is 0. The molecular formula is C26H29O3U-. The van der Waals surface area contributed by atoms with E-state index in [-0.39, 0.29) is 37.2 Å². The molecule has 1 atom stereocenters. The van der Waals surface area contributed by atoms with Crippen LogP contribution < -0.4 is 9.47 Å². The van der Waals surface area contributed by atoms with Crippen LogP contribution in [0.15, 0.2) is 78.9 Å². The molecule has 0 amide bonds. The van der Waals surface area contributed by atoms with Gasteiger partial charge in [0.05, 0.1) is 14.2 Å². The molecule has 0 bridgehead atoms. The first-order valence-corrected chi connectivity index (χ1v) is 9.99. The van der Waals surface area contributed by atoms with E-state index < -0.39 is 5.60 Å². The molecule has 0 aliphatic rings. The molecular weight excluding hydrogens is 598 g/mol. The summed E-state index contributed by atoms with van der Waals surface area (Å²) in [6.45, 7) is 4.19. The zero-order valence-electron chi connectivity index (χ0n) is 18.1. The van der Waals surface area contributed by atoms with E-state index in [1.165, 1.54) is 0 Å². The summed E-state index contributed by atoms with van der Waals surface area (Å²) < 4.78 is 17.7. The molecule has 0 aromatic heterocycles. The van der Waals surface area contributed by atoms with Crippen LogP contribution in [-0.2, 0) is 10.3 Å². The van der Waals surface area contributed by atoms with E-state index in [0.717, 1.165) is 34.6 Å². The first-order chi connectivity index (χ1) is 14.2. The van der Waals surface area contributed by atoms with Gasteiger partial charge in [0.1, 0.15) is 17.1 Å². The Hall–Kier alpha value is -1.73. The zero-order chi connectivity index (χ0) is 20.7. The van der Waals surface area contributed by atoms with Crippen LogP contribution in [0.4, 0.5) is 0 Å². The maximum Gasteiger partial charge on any atom is 0.140 e. The van der Waals surface area contributed by atoms with Crippen LogP contribution in [0.3, 0.4) is 0 Å². The normalized spacial score (nSPS) is 12.0. The van der Waals surface area contributed by atoms with Gasteiger partial charge in [-0.05, 0) is 41.0 Å². The van der Waals surface area contributed by atoms with Crippen molar-refractivity contribution in [2.24, 2.45) is 0 Å². The molecule has 1 unspecified atom stereocenters. The topological polar surface area (TPSA) is 27.7 Å². The average molecular weight is 628 g/mol. The van der Waals surface area contributed by atoms with Crippen LogP contribution in [-0.4, -0.2) is 20.3 Å². The quantitative estimate of drug-likeness (QED) is 0.215. The minimum Gasteiger partial charge on any atom is -0.497 e. The molecule has 0 saturated carbocycles. The Morgan fingerprint density at radius 3 is 1.53 bits per heavy atom. The molecule has 3 aromatic rings. The summed E-state index contributed by atoms with van der Waals surface area (Å²) >= 11 is 0. The molecule has 156 valence electrons. The van der Waals surface area contributed by atoms with Crippen molar-refractivity contribution in [3.05, 3.63) is 102 Å². The Balaban J connectivity index is 0.00000320. The van der Waals surface area contributed by atoms with Crippen molar-refractivity contribution in [2.75, 3.05) is 14.2 Å². The second kappa shape index (κ2) is 11.6. The molecule has 0 aliphatic heterocycles. The molecule has 0 fully saturated rings. The van der Waals surface area contributed by atoms with Gasteiger partial charge in [0.2, 0.25) is 0 Å². The minimum atomic E-state index is -0.757. The molecule has 3 nitrogen and oxygen atoms in total. The molecule has 0 spiro atoms. The molecule has 0 radical (unpaired) electrons. The summed E-state index contributed by atoms with van der Waals surface area (Å²) in [4.78, 5) is 0. The van der Waals surface area contributed by atoms with Crippen molar-refractivity contribution in [2.45, 2.75) is 32.0 Å². The van der Waals surface area contributed by atoms with Gasteiger partial charge < -0.3 is 20.6 Å². The molecule has 3 aromatic carbocycles. The molecule has 4 heteroatoms. The summed E-state index contributed by atoms with van der Waals surface area (Å²) in [5.41, 5.74) is 2.42. The molecule has 30 heavy (non-hydrogen) atoms. The van der Waals surface area contributed by atoms with Gasteiger partial charge in [-0.1, -0.05) is 74.0 Å². The van der Waals surface area contributed by atoms with E-state index in [0.29, 0.717) is 0 Å². The van der Waals surface area contributed by atoms with Crippen LogP contribution in [0.1, 0.15) is 37.0 Å². The van der Waals surface area contributed by atoms with Crippen LogP contribution in [0.2, 0.25) is 0 Å². The SMILES string of the molecule is C[CH-]C(CC)OC(c1ccccc1)(c1ccc(OC)cc1)c1ccc(OC)cc1.[U]. The number of hydrogen-bond donors (Lipinski definition) is 0. The Kier molecular flexibility index (Phi) is 9.49. The summed E-state index contributed by atoms with van der Waals surface area (Å²) in [5, 5.41) is 0. The summed E-state index contributed by atoms with van der Waals surface area (Å²) in [6.07, 6.45) is 3.00. The standard InChI is InChI=1S/C26H29O3.U/c1-5-23(6-2)29-26(20-10-8-7-9-11-20,21-12-16-24(27-3)17-13-21)22-14-18-25(28-4)19-15-22;/h5,7-19,23H,6H2,1-4H3;/q-1;. The maximum absolute atomic E-state index is 6.90. The maximum atomic E-state index is 6.90. The van der Waals surface area contributed by atoms with Gasteiger partial charge in [0.15, 0.2) is 0 Å². The van der Waals surface area contributed by atoms with Gasteiger partial charge in [-0.3, -0.25) is 0 Å². The van der Waals surface area contributed by atoms with Gasteiger partial charge in [0.25, 0.3) is 0 Å². The average Bonchev–Trinajstić information content (AvgIpc) is 2.81.